The summed E-state index contributed by atoms with van der Waals surface area (Å²) in [5.74, 6) is 0. The fourth-order valence-corrected chi connectivity index (χ4v) is 1.72. The summed E-state index contributed by atoms with van der Waals surface area (Å²) in [5, 5.41) is 2.61. The smallest absolute Gasteiger partial charge is 0.255 e. The zero-order chi connectivity index (χ0) is 9.54. The van der Waals surface area contributed by atoms with Gasteiger partial charge in [-0.2, -0.15) is 0 Å². The molecule has 3 nitrogen and oxygen atoms in total. The minimum absolute atomic E-state index is 0.0643. The van der Waals surface area contributed by atoms with Gasteiger partial charge < -0.3 is 9.40 Å². The molecule has 2 heterocycles. The van der Waals surface area contributed by atoms with Crippen molar-refractivity contribution in [2.24, 2.45) is 0 Å². The van der Waals surface area contributed by atoms with Gasteiger partial charge in [0.05, 0.1) is 6.26 Å². The molecule has 68 valence electrons. The topological polar surface area (TPSA) is 46.0 Å². The first-order chi connectivity index (χ1) is 6.86. The molecule has 2 aromatic heterocycles. The molecule has 1 N–H and O–H groups in total. The molecule has 3 aromatic rings. The summed E-state index contributed by atoms with van der Waals surface area (Å²) in [4.78, 5) is 14.1. The van der Waals surface area contributed by atoms with Gasteiger partial charge in [-0.15, -0.1) is 0 Å². The van der Waals surface area contributed by atoms with Crippen molar-refractivity contribution < 1.29 is 4.42 Å². The summed E-state index contributed by atoms with van der Waals surface area (Å²) in [7, 11) is 0. The summed E-state index contributed by atoms with van der Waals surface area (Å²) in [6, 6.07) is 7.35. The molecule has 0 saturated carbocycles. The second kappa shape index (κ2) is 2.48. The number of aromatic amines is 1. The lowest BCUT2D eigenvalue weighted by atomic mass is 10.1. The third-order valence-electron chi connectivity index (χ3n) is 2.39. The van der Waals surface area contributed by atoms with Crippen LogP contribution >= 0.6 is 0 Å². The summed E-state index contributed by atoms with van der Waals surface area (Å²) in [6.45, 7) is 0. The molecule has 0 radical (unpaired) electrons. The minimum Gasteiger partial charge on any atom is -0.464 e. The van der Waals surface area contributed by atoms with Crippen LogP contribution in [0.2, 0.25) is 0 Å². The van der Waals surface area contributed by atoms with Gasteiger partial charge in [0.1, 0.15) is 5.58 Å². The Labute approximate surface area is 79.0 Å². The highest BCUT2D eigenvalue weighted by Crippen LogP contribution is 2.23. The van der Waals surface area contributed by atoms with Gasteiger partial charge in [0.25, 0.3) is 5.56 Å². The molecule has 14 heavy (non-hydrogen) atoms. The first-order valence-corrected chi connectivity index (χ1v) is 4.34. The molecule has 0 bridgehead atoms. The molecule has 0 saturated heterocycles. The van der Waals surface area contributed by atoms with Gasteiger partial charge in [-0.1, -0.05) is 0 Å². The molecular formula is C11H7NO2. The van der Waals surface area contributed by atoms with Crippen LogP contribution in [-0.2, 0) is 0 Å². The van der Waals surface area contributed by atoms with Gasteiger partial charge in [-0.25, -0.2) is 0 Å². The lowest BCUT2D eigenvalue weighted by molar-refractivity contribution is 0.616. The van der Waals surface area contributed by atoms with E-state index in [9.17, 15) is 4.79 Å². The van der Waals surface area contributed by atoms with Crippen molar-refractivity contribution in [3.8, 4) is 0 Å². The van der Waals surface area contributed by atoms with Crippen LogP contribution in [0.15, 0.2) is 45.9 Å². The molecule has 3 heteroatoms. The largest absolute Gasteiger partial charge is 0.464 e. The molecule has 0 aliphatic carbocycles. The molecular weight excluding hydrogens is 178 g/mol. The van der Waals surface area contributed by atoms with Gasteiger partial charge in [0.15, 0.2) is 0 Å². The highest BCUT2D eigenvalue weighted by atomic mass is 16.3. The summed E-state index contributed by atoms with van der Waals surface area (Å²) in [6.07, 6.45) is 3.28. The Morgan fingerprint density at radius 3 is 2.86 bits per heavy atom. The Morgan fingerprint density at radius 2 is 1.93 bits per heavy atom. The van der Waals surface area contributed by atoms with E-state index < -0.39 is 0 Å². The van der Waals surface area contributed by atoms with Crippen LogP contribution in [0, 0.1) is 0 Å². The molecule has 1 aromatic carbocycles. The lowest BCUT2D eigenvalue weighted by Crippen LogP contribution is -2.03. The molecule has 0 amide bonds. The van der Waals surface area contributed by atoms with E-state index in [4.69, 9.17) is 4.42 Å². The van der Waals surface area contributed by atoms with Gasteiger partial charge in [-0.05, 0) is 29.7 Å². The number of benzene rings is 1. The Balaban J connectivity index is 2.71. The van der Waals surface area contributed by atoms with E-state index >= 15 is 0 Å². The van der Waals surface area contributed by atoms with Crippen LogP contribution in [0.3, 0.4) is 0 Å². The normalized spacial score (nSPS) is 11.1. The molecule has 3 rings (SSSR count). The van der Waals surface area contributed by atoms with E-state index in [1.54, 1.807) is 18.5 Å². The minimum atomic E-state index is -0.0643. The lowest BCUT2D eigenvalue weighted by Gasteiger charge is -1.96. The first-order valence-electron chi connectivity index (χ1n) is 4.34. The van der Waals surface area contributed by atoms with Crippen LogP contribution in [0.1, 0.15) is 0 Å². The SMILES string of the molecule is O=c1[nH]ccc2c1ccc1occc12. The summed E-state index contributed by atoms with van der Waals surface area (Å²) < 4.78 is 5.25. The Morgan fingerprint density at radius 1 is 1.00 bits per heavy atom. The van der Waals surface area contributed by atoms with Crippen LogP contribution in [0.5, 0.6) is 0 Å². The Bertz CT molecular complexity index is 663. The molecule has 0 fully saturated rings. The van der Waals surface area contributed by atoms with Crippen molar-refractivity contribution in [1.82, 2.24) is 4.98 Å². The number of aromatic nitrogens is 1. The van der Waals surface area contributed by atoms with Gasteiger partial charge in [-0.3, -0.25) is 4.79 Å². The molecule has 0 spiro atoms. The maximum Gasteiger partial charge on any atom is 0.255 e. The van der Waals surface area contributed by atoms with Crippen molar-refractivity contribution in [3.05, 3.63) is 47.1 Å². The third kappa shape index (κ3) is 0.836. The second-order valence-electron chi connectivity index (χ2n) is 3.17. The number of nitrogens with one attached hydrogen (secondary N) is 1. The maximum atomic E-state index is 11.5. The van der Waals surface area contributed by atoms with E-state index in [1.807, 2.05) is 18.2 Å². The summed E-state index contributed by atoms with van der Waals surface area (Å²) in [5.41, 5.74) is 0.744. The number of hydrogen-bond acceptors (Lipinski definition) is 2. The Kier molecular flexibility index (Phi) is 1.31. The standard InChI is InChI=1S/C11H7NO2/c13-11-9-1-2-10-8(4-6-14-10)7(9)3-5-12-11/h1-6H,(H,12,13). The van der Waals surface area contributed by atoms with Crippen LogP contribution < -0.4 is 5.56 Å². The molecule has 0 aliphatic heterocycles. The van der Waals surface area contributed by atoms with E-state index in [2.05, 4.69) is 4.98 Å². The zero-order valence-corrected chi connectivity index (χ0v) is 7.28. The van der Waals surface area contributed by atoms with E-state index in [1.165, 1.54) is 0 Å². The number of hydrogen-bond donors (Lipinski definition) is 1. The van der Waals surface area contributed by atoms with Crippen LogP contribution in [0.4, 0.5) is 0 Å². The Hall–Kier alpha value is -2.03. The average molecular weight is 185 g/mol. The van der Waals surface area contributed by atoms with E-state index in [0.29, 0.717) is 5.39 Å². The van der Waals surface area contributed by atoms with Gasteiger partial charge in [0, 0.05) is 17.0 Å². The molecule has 0 aliphatic rings. The second-order valence-corrected chi connectivity index (χ2v) is 3.17. The fraction of sp³-hybridized carbons (Fsp3) is 0. The van der Waals surface area contributed by atoms with Crippen LogP contribution in [-0.4, -0.2) is 4.98 Å². The number of furan rings is 1. The number of fused-ring (bicyclic) bond motifs is 3. The highest BCUT2D eigenvalue weighted by Gasteiger charge is 2.03. The quantitative estimate of drug-likeness (QED) is 0.584. The van der Waals surface area contributed by atoms with Crippen molar-refractivity contribution in [2.45, 2.75) is 0 Å². The van der Waals surface area contributed by atoms with Crippen molar-refractivity contribution in [2.75, 3.05) is 0 Å². The fourth-order valence-electron chi connectivity index (χ4n) is 1.72. The predicted molar refractivity (Wildman–Crippen MR) is 54.3 cm³/mol. The highest BCUT2D eigenvalue weighted by molar-refractivity contribution is 6.05. The maximum absolute atomic E-state index is 11.5. The predicted octanol–water partition coefficient (Wildman–Crippen LogP) is 2.27. The van der Waals surface area contributed by atoms with Gasteiger partial charge >= 0.3 is 0 Å². The third-order valence-corrected chi connectivity index (χ3v) is 2.39. The van der Waals surface area contributed by atoms with Crippen molar-refractivity contribution >= 4 is 21.7 Å². The van der Waals surface area contributed by atoms with Crippen molar-refractivity contribution in [3.63, 3.8) is 0 Å². The zero-order valence-electron chi connectivity index (χ0n) is 7.28. The van der Waals surface area contributed by atoms with Crippen molar-refractivity contribution in [1.29, 1.82) is 0 Å². The molecule has 0 unspecified atom stereocenters. The van der Waals surface area contributed by atoms with Crippen LogP contribution in [0.25, 0.3) is 21.7 Å². The van der Waals surface area contributed by atoms with E-state index in [0.717, 1.165) is 16.4 Å². The van der Waals surface area contributed by atoms with E-state index in [-0.39, 0.29) is 5.56 Å². The number of H-pyrrole nitrogens is 1. The molecule has 0 atom stereocenters. The van der Waals surface area contributed by atoms with Gasteiger partial charge in [0.2, 0.25) is 0 Å². The average Bonchev–Trinajstić information content (AvgIpc) is 2.66. The monoisotopic (exact) mass is 185 g/mol. The number of pyridine rings is 1. The number of rotatable bonds is 0. The first kappa shape index (κ1) is 7.38. The summed E-state index contributed by atoms with van der Waals surface area (Å²) >= 11 is 0.